The van der Waals surface area contributed by atoms with Crippen molar-refractivity contribution in [1.29, 1.82) is 0 Å². The number of amides is 2. The van der Waals surface area contributed by atoms with E-state index in [-0.39, 0.29) is 24.4 Å². The Morgan fingerprint density at radius 1 is 1.33 bits per heavy atom. The Balaban J connectivity index is 3.85. The lowest BCUT2D eigenvalue weighted by Gasteiger charge is -2.17. The van der Waals surface area contributed by atoms with Crippen LogP contribution in [0.15, 0.2) is 0 Å². The summed E-state index contributed by atoms with van der Waals surface area (Å²) in [4.78, 5) is 24.2. The molecule has 0 spiro atoms. The van der Waals surface area contributed by atoms with Crippen molar-refractivity contribution in [2.75, 3.05) is 27.2 Å². The molecule has 5 heteroatoms. The Morgan fingerprint density at radius 2 is 1.93 bits per heavy atom. The predicted octanol–water partition coefficient (Wildman–Crippen LogP) is -0.421. The number of hydrogen-bond donors (Lipinski definition) is 2. The van der Waals surface area contributed by atoms with Gasteiger partial charge in [-0.3, -0.25) is 9.59 Å². The molecule has 0 saturated heterocycles. The summed E-state index contributed by atoms with van der Waals surface area (Å²) >= 11 is 0. The molecule has 0 fully saturated rings. The summed E-state index contributed by atoms with van der Waals surface area (Å²) in [7, 11) is 3.43. The Kier molecular flexibility index (Phi) is 6.70. The molecule has 5 nitrogen and oxygen atoms in total. The molecule has 0 rings (SSSR count). The number of carbonyl (C=O) groups excluding carboxylic acids is 2. The SMILES string of the molecule is CNCCC(=O)N(C)CC(=O)NC(C)C. The lowest BCUT2D eigenvalue weighted by molar-refractivity contribution is -0.134. The first-order chi connectivity index (χ1) is 6.97. The van der Waals surface area contributed by atoms with Crippen LogP contribution in [-0.4, -0.2) is 49.9 Å². The van der Waals surface area contributed by atoms with E-state index >= 15 is 0 Å². The van der Waals surface area contributed by atoms with Crippen LogP contribution in [0.2, 0.25) is 0 Å². The van der Waals surface area contributed by atoms with Crippen molar-refractivity contribution in [2.45, 2.75) is 26.3 Å². The Labute approximate surface area is 91.2 Å². The van der Waals surface area contributed by atoms with E-state index in [1.54, 1.807) is 14.1 Å². The van der Waals surface area contributed by atoms with E-state index in [0.29, 0.717) is 13.0 Å². The minimum Gasteiger partial charge on any atom is -0.352 e. The second-order valence-electron chi connectivity index (χ2n) is 3.83. The number of hydrogen-bond acceptors (Lipinski definition) is 3. The van der Waals surface area contributed by atoms with Crippen molar-refractivity contribution in [1.82, 2.24) is 15.5 Å². The molecule has 15 heavy (non-hydrogen) atoms. The first-order valence-corrected chi connectivity index (χ1v) is 5.15. The average molecular weight is 215 g/mol. The molecule has 0 atom stereocenters. The molecule has 0 saturated carbocycles. The minimum atomic E-state index is -0.120. The molecule has 0 bridgehead atoms. The van der Waals surface area contributed by atoms with Crippen molar-refractivity contribution < 1.29 is 9.59 Å². The van der Waals surface area contributed by atoms with Gasteiger partial charge in [-0.1, -0.05) is 0 Å². The van der Waals surface area contributed by atoms with Crippen LogP contribution in [0.1, 0.15) is 20.3 Å². The summed E-state index contributed by atoms with van der Waals surface area (Å²) in [6.45, 7) is 4.54. The van der Waals surface area contributed by atoms with E-state index in [9.17, 15) is 9.59 Å². The van der Waals surface area contributed by atoms with Crippen molar-refractivity contribution >= 4 is 11.8 Å². The number of nitrogens with one attached hydrogen (secondary N) is 2. The van der Waals surface area contributed by atoms with Crippen molar-refractivity contribution in [2.24, 2.45) is 0 Å². The maximum absolute atomic E-state index is 11.4. The van der Waals surface area contributed by atoms with E-state index in [1.165, 1.54) is 4.90 Å². The van der Waals surface area contributed by atoms with E-state index in [0.717, 1.165) is 0 Å². The molecular weight excluding hydrogens is 194 g/mol. The van der Waals surface area contributed by atoms with Gasteiger partial charge in [-0.25, -0.2) is 0 Å². The van der Waals surface area contributed by atoms with Crippen molar-refractivity contribution in [3.63, 3.8) is 0 Å². The number of rotatable bonds is 6. The van der Waals surface area contributed by atoms with Gasteiger partial charge in [0.25, 0.3) is 0 Å². The lowest BCUT2D eigenvalue weighted by atomic mass is 10.3. The number of likely N-dealkylation sites (N-methyl/N-ethyl adjacent to an activating group) is 1. The lowest BCUT2D eigenvalue weighted by Crippen LogP contribution is -2.41. The standard InChI is InChI=1S/C10H21N3O2/c1-8(2)12-9(14)7-13(4)10(15)5-6-11-3/h8,11H,5-7H2,1-4H3,(H,12,14). The fourth-order valence-electron chi connectivity index (χ4n) is 1.09. The maximum Gasteiger partial charge on any atom is 0.239 e. The smallest absolute Gasteiger partial charge is 0.239 e. The first kappa shape index (κ1) is 13.9. The van der Waals surface area contributed by atoms with Crippen LogP contribution in [0, 0.1) is 0 Å². The van der Waals surface area contributed by atoms with Gasteiger partial charge in [-0.05, 0) is 20.9 Å². The zero-order chi connectivity index (χ0) is 11.8. The van der Waals surface area contributed by atoms with E-state index in [4.69, 9.17) is 0 Å². The Morgan fingerprint density at radius 3 is 2.40 bits per heavy atom. The van der Waals surface area contributed by atoms with Crippen LogP contribution >= 0.6 is 0 Å². The molecule has 0 aromatic carbocycles. The second-order valence-corrected chi connectivity index (χ2v) is 3.83. The van der Waals surface area contributed by atoms with Crippen molar-refractivity contribution in [3.05, 3.63) is 0 Å². The van der Waals surface area contributed by atoms with E-state index in [2.05, 4.69) is 10.6 Å². The van der Waals surface area contributed by atoms with Gasteiger partial charge in [0.05, 0.1) is 6.54 Å². The molecule has 88 valence electrons. The summed E-state index contributed by atoms with van der Waals surface area (Å²) in [6.07, 6.45) is 0.419. The van der Waals surface area contributed by atoms with Gasteiger partial charge >= 0.3 is 0 Å². The topological polar surface area (TPSA) is 61.4 Å². The zero-order valence-corrected chi connectivity index (χ0v) is 9.96. The van der Waals surface area contributed by atoms with Gasteiger partial charge in [0.2, 0.25) is 11.8 Å². The summed E-state index contributed by atoms with van der Waals surface area (Å²) in [5.41, 5.74) is 0. The molecular formula is C10H21N3O2. The first-order valence-electron chi connectivity index (χ1n) is 5.15. The summed E-state index contributed by atoms with van der Waals surface area (Å²) in [6, 6.07) is 0.110. The maximum atomic E-state index is 11.4. The molecule has 2 N–H and O–H groups in total. The highest BCUT2D eigenvalue weighted by Gasteiger charge is 2.12. The highest BCUT2D eigenvalue weighted by molar-refractivity contribution is 5.84. The molecule has 2 amide bonds. The third-order valence-electron chi connectivity index (χ3n) is 1.85. The second kappa shape index (κ2) is 7.23. The van der Waals surface area contributed by atoms with Gasteiger partial charge in [0.1, 0.15) is 0 Å². The van der Waals surface area contributed by atoms with Crippen LogP contribution in [0.3, 0.4) is 0 Å². The molecule has 0 aromatic rings. The third kappa shape index (κ3) is 6.90. The summed E-state index contributed by atoms with van der Waals surface area (Å²) in [5.74, 6) is -0.145. The van der Waals surface area contributed by atoms with Gasteiger partial charge in [0, 0.05) is 26.1 Å². The quantitative estimate of drug-likeness (QED) is 0.632. The molecule has 0 aliphatic heterocycles. The van der Waals surface area contributed by atoms with Crippen LogP contribution in [0.4, 0.5) is 0 Å². The molecule has 0 unspecified atom stereocenters. The fraction of sp³-hybridized carbons (Fsp3) is 0.800. The van der Waals surface area contributed by atoms with Crippen LogP contribution in [-0.2, 0) is 9.59 Å². The third-order valence-corrected chi connectivity index (χ3v) is 1.85. The highest BCUT2D eigenvalue weighted by atomic mass is 16.2. The highest BCUT2D eigenvalue weighted by Crippen LogP contribution is 1.90. The van der Waals surface area contributed by atoms with Gasteiger partial charge in [-0.15, -0.1) is 0 Å². The molecule has 0 aliphatic carbocycles. The van der Waals surface area contributed by atoms with Gasteiger partial charge in [0.15, 0.2) is 0 Å². The number of carbonyl (C=O) groups is 2. The minimum absolute atomic E-state index is 0.0248. The monoisotopic (exact) mass is 215 g/mol. The molecule has 0 aromatic heterocycles. The van der Waals surface area contributed by atoms with E-state index < -0.39 is 0 Å². The van der Waals surface area contributed by atoms with Gasteiger partial charge < -0.3 is 15.5 Å². The average Bonchev–Trinajstić information content (AvgIpc) is 2.12. The van der Waals surface area contributed by atoms with E-state index in [1.807, 2.05) is 13.8 Å². The summed E-state index contributed by atoms with van der Waals surface area (Å²) < 4.78 is 0. The zero-order valence-electron chi connectivity index (χ0n) is 9.96. The Hall–Kier alpha value is -1.10. The fourth-order valence-corrected chi connectivity index (χ4v) is 1.09. The predicted molar refractivity (Wildman–Crippen MR) is 59.5 cm³/mol. The largest absolute Gasteiger partial charge is 0.352 e. The van der Waals surface area contributed by atoms with Crippen LogP contribution < -0.4 is 10.6 Å². The summed E-state index contributed by atoms with van der Waals surface area (Å²) in [5, 5.41) is 5.63. The normalized spacial score (nSPS) is 10.2. The molecule has 0 aliphatic rings. The number of nitrogens with zero attached hydrogens (tertiary/aromatic N) is 1. The van der Waals surface area contributed by atoms with Gasteiger partial charge in [-0.2, -0.15) is 0 Å². The molecule has 0 radical (unpaired) electrons. The Bertz CT molecular complexity index is 217. The van der Waals surface area contributed by atoms with Crippen LogP contribution in [0.5, 0.6) is 0 Å². The molecule has 0 heterocycles. The van der Waals surface area contributed by atoms with Crippen molar-refractivity contribution in [3.8, 4) is 0 Å². The van der Waals surface area contributed by atoms with Crippen LogP contribution in [0.25, 0.3) is 0 Å².